The summed E-state index contributed by atoms with van der Waals surface area (Å²) in [6.07, 6.45) is 43.6. The highest BCUT2D eigenvalue weighted by atomic mass is 32.3. The average molecular weight is 911 g/mol. The van der Waals surface area contributed by atoms with Gasteiger partial charge in [0.1, 0.15) is 30.5 Å². The molecule has 0 saturated carbocycles. The third kappa shape index (κ3) is 34.5. The van der Waals surface area contributed by atoms with Crippen molar-refractivity contribution in [1.82, 2.24) is 0 Å². The van der Waals surface area contributed by atoms with Crippen molar-refractivity contribution in [2.75, 3.05) is 26.4 Å². The number of hydrogen-bond donors (Lipinski definition) is 4. The van der Waals surface area contributed by atoms with Crippen LogP contribution in [0.4, 0.5) is 0 Å². The van der Waals surface area contributed by atoms with Gasteiger partial charge in [0.05, 0.1) is 19.8 Å². The summed E-state index contributed by atoms with van der Waals surface area (Å²) in [7, 11) is -5.07. The molecular formula is C50H86O12S. The Morgan fingerprint density at radius 1 is 0.619 bits per heavy atom. The van der Waals surface area contributed by atoms with Crippen molar-refractivity contribution in [3.8, 4) is 0 Å². The van der Waals surface area contributed by atoms with Crippen LogP contribution in [-0.2, 0) is 38.3 Å². The van der Waals surface area contributed by atoms with E-state index in [0.29, 0.717) is 13.0 Å². The molecule has 1 aliphatic rings. The molecule has 0 radical (unpaired) electrons. The number of carbonyl (C=O) groups is 1. The Bertz CT molecular complexity index is 1370. The number of ether oxygens (including phenoxy) is 4. The normalized spacial score (nSPS) is 20.5. The summed E-state index contributed by atoms with van der Waals surface area (Å²) in [6.45, 7) is 3.82. The molecule has 1 rings (SSSR count). The number of rotatable bonds is 41. The lowest BCUT2D eigenvalue weighted by Gasteiger charge is -2.41. The van der Waals surface area contributed by atoms with Gasteiger partial charge in [-0.1, -0.05) is 157 Å². The first-order valence-corrected chi connectivity index (χ1v) is 25.6. The van der Waals surface area contributed by atoms with E-state index in [4.69, 9.17) is 18.9 Å². The highest BCUT2D eigenvalue weighted by Crippen LogP contribution is 2.26. The third-order valence-electron chi connectivity index (χ3n) is 10.6. The molecular weight excluding hydrogens is 825 g/mol. The van der Waals surface area contributed by atoms with Crippen molar-refractivity contribution in [1.29, 1.82) is 0 Å². The van der Waals surface area contributed by atoms with E-state index in [2.05, 4.69) is 90.9 Å². The van der Waals surface area contributed by atoms with Gasteiger partial charge in [0, 0.05) is 13.0 Å². The molecule has 6 unspecified atom stereocenters. The van der Waals surface area contributed by atoms with Crippen molar-refractivity contribution in [2.45, 2.75) is 211 Å². The molecule has 0 bridgehead atoms. The van der Waals surface area contributed by atoms with E-state index in [1.807, 2.05) is 0 Å². The summed E-state index contributed by atoms with van der Waals surface area (Å²) < 4.78 is 59.1. The predicted molar refractivity (Wildman–Crippen MR) is 252 cm³/mol. The van der Waals surface area contributed by atoms with E-state index in [9.17, 15) is 33.1 Å². The van der Waals surface area contributed by atoms with Crippen LogP contribution in [0.5, 0.6) is 0 Å². The maximum atomic E-state index is 12.9. The fraction of sp³-hybridized carbons (Fsp3) is 0.740. The van der Waals surface area contributed by atoms with E-state index in [0.717, 1.165) is 96.3 Å². The van der Waals surface area contributed by atoms with Crippen LogP contribution in [0, 0.1) is 0 Å². The number of aliphatic hydroxyl groups excluding tert-OH is 3. The minimum absolute atomic E-state index is 0.0236. The second-order valence-corrected chi connectivity index (χ2v) is 17.4. The van der Waals surface area contributed by atoms with Crippen molar-refractivity contribution in [3.63, 3.8) is 0 Å². The Labute approximate surface area is 381 Å². The Morgan fingerprint density at radius 3 is 1.62 bits per heavy atom. The Balaban J connectivity index is 2.39. The number of carbonyl (C=O) groups excluding carboxylic acids is 1. The van der Waals surface area contributed by atoms with Gasteiger partial charge in [-0.25, -0.2) is 4.18 Å². The van der Waals surface area contributed by atoms with Gasteiger partial charge in [-0.05, 0) is 83.5 Å². The Hall–Kier alpha value is -2.46. The average Bonchev–Trinajstić information content (AvgIpc) is 3.26. The quantitative estimate of drug-likeness (QED) is 0.0198. The van der Waals surface area contributed by atoms with Crippen LogP contribution in [0.2, 0.25) is 0 Å². The first-order chi connectivity index (χ1) is 30.6. The number of esters is 1. The number of allylic oxidation sites excluding steroid dienone is 12. The van der Waals surface area contributed by atoms with Crippen molar-refractivity contribution in [3.05, 3.63) is 72.9 Å². The molecule has 0 aromatic rings. The zero-order valence-corrected chi connectivity index (χ0v) is 39.7. The van der Waals surface area contributed by atoms with Crippen LogP contribution in [-0.4, -0.2) is 97.5 Å². The maximum absolute atomic E-state index is 12.9. The lowest BCUT2D eigenvalue weighted by atomic mass is 9.99. The molecule has 1 aliphatic heterocycles. The van der Waals surface area contributed by atoms with Gasteiger partial charge >= 0.3 is 16.4 Å². The minimum Gasteiger partial charge on any atom is -0.457 e. The second kappa shape index (κ2) is 41.0. The molecule has 0 aromatic heterocycles. The van der Waals surface area contributed by atoms with Crippen LogP contribution in [0.1, 0.15) is 174 Å². The van der Waals surface area contributed by atoms with Crippen LogP contribution >= 0.6 is 0 Å². The fourth-order valence-corrected chi connectivity index (χ4v) is 7.44. The van der Waals surface area contributed by atoms with E-state index < -0.39 is 59.8 Å². The van der Waals surface area contributed by atoms with Gasteiger partial charge in [-0.3, -0.25) is 9.35 Å². The van der Waals surface area contributed by atoms with Crippen molar-refractivity contribution >= 4 is 16.4 Å². The molecule has 0 aliphatic carbocycles. The van der Waals surface area contributed by atoms with E-state index in [-0.39, 0.29) is 19.6 Å². The highest BCUT2D eigenvalue weighted by molar-refractivity contribution is 7.80. The number of aliphatic hydroxyl groups is 3. The number of hydrogen-bond acceptors (Lipinski definition) is 11. The summed E-state index contributed by atoms with van der Waals surface area (Å²) in [5.41, 5.74) is 0. The molecule has 4 N–H and O–H groups in total. The van der Waals surface area contributed by atoms with Crippen molar-refractivity contribution in [2.24, 2.45) is 0 Å². The van der Waals surface area contributed by atoms with Gasteiger partial charge in [-0.15, -0.1) is 0 Å². The van der Waals surface area contributed by atoms with Crippen LogP contribution < -0.4 is 0 Å². The van der Waals surface area contributed by atoms with E-state index in [1.54, 1.807) is 0 Å². The van der Waals surface area contributed by atoms with Gasteiger partial charge in [0.2, 0.25) is 0 Å². The first-order valence-electron chi connectivity index (χ1n) is 24.2. The van der Waals surface area contributed by atoms with Gasteiger partial charge < -0.3 is 34.3 Å². The fourth-order valence-electron chi connectivity index (χ4n) is 6.93. The second-order valence-electron chi connectivity index (χ2n) is 16.3. The molecule has 6 atom stereocenters. The molecule has 13 heteroatoms. The largest absolute Gasteiger partial charge is 0.457 e. The summed E-state index contributed by atoms with van der Waals surface area (Å²) in [4.78, 5) is 12.9. The zero-order chi connectivity index (χ0) is 46.1. The standard InChI is InChI=1S/C50H86O12S/c1-3-5-7-9-11-13-15-17-18-19-20-21-22-23-24-25-26-27-29-31-33-35-37-39-46(52)60-44(42-58-40-38-36-34-32-30-28-16-14-12-10-8-6-4-2)43-59-50-48(54)49(62-63(55,56)57)47(53)45(41-51)61-50/h5,7,11-14,17-18,20-21,23-24,44-45,47-51,53-54H,3-4,6,8-10,15-16,19,22,25-43H2,1-2H3,(H,55,56,57)/b7-5-,13-11-,14-12-,18-17-,21-20-,24-23-. The molecule has 364 valence electrons. The lowest BCUT2D eigenvalue weighted by Crippen LogP contribution is -2.60. The molecule has 0 aromatic carbocycles. The first kappa shape index (κ1) is 58.6. The zero-order valence-electron chi connectivity index (χ0n) is 38.9. The molecule has 1 saturated heterocycles. The SMILES string of the molecule is CC/C=C\C/C=C\C/C=C\C/C=C\C/C=C\CCCCCCCCCC(=O)OC(COCCCCCCCC/C=C\CCCCC)COC1OC(CO)C(O)C(OS(=O)(=O)O)C1O. The van der Waals surface area contributed by atoms with Gasteiger partial charge in [-0.2, -0.15) is 8.42 Å². The molecule has 12 nitrogen and oxygen atoms in total. The third-order valence-corrected chi connectivity index (χ3v) is 11.0. The Kier molecular flexibility index (Phi) is 38.1. The summed E-state index contributed by atoms with van der Waals surface area (Å²) in [5, 5.41) is 30.7. The summed E-state index contributed by atoms with van der Waals surface area (Å²) in [5.74, 6) is -0.415. The van der Waals surface area contributed by atoms with E-state index >= 15 is 0 Å². The molecule has 1 fully saturated rings. The predicted octanol–water partition coefficient (Wildman–Crippen LogP) is 10.7. The lowest BCUT2D eigenvalue weighted by molar-refractivity contribution is -0.301. The monoisotopic (exact) mass is 911 g/mol. The molecule has 1 heterocycles. The molecule has 0 amide bonds. The van der Waals surface area contributed by atoms with Crippen LogP contribution in [0.3, 0.4) is 0 Å². The summed E-state index contributed by atoms with van der Waals surface area (Å²) in [6, 6.07) is 0. The van der Waals surface area contributed by atoms with Gasteiger partial charge in [0.15, 0.2) is 6.29 Å². The number of unbranched alkanes of at least 4 members (excludes halogenated alkanes) is 16. The minimum atomic E-state index is -5.07. The maximum Gasteiger partial charge on any atom is 0.397 e. The molecule has 63 heavy (non-hydrogen) atoms. The topological polar surface area (TPSA) is 178 Å². The van der Waals surface area contributed by atoms with E-state index in [1.165, 1.54) is 51.4 Å². The van der Waals surface area contributed by atoms with Crippen LogP contribution in [0.25, 0.3) is 0 Å². The highest BCUT2D eigenvalue weighted by Gasteiger charge is 2.48. The molecule has 0 spiro atoms. The smallest absolute Gasteiger partial charge is 0.397 e. The summed E-state index contributed by atoms with van der Waals surface area (Å²) >= 11 is 0. The Morgan fingerprint density at radius 2 is 1.10 bits per heavy atom. The van der Waals surface area contributed by atoms with Gasteiger partial charge in [0.25, 0.3) is 0 Å². The van der Waals surface area contributed by atoms with Crippen LogP contribution in [0.15, 0.2) is 72.9 Å². The van der Waals surface area contributed by atoms with Crippen molar-refractivity contribution < 1.29 is 56.2 Å².